The second-order valence-electron chi connectivity index (χ2n) is 6.04. The summed E-state index contributed by atoms with van der Waals surface area (Å²) in [5.74, 6) is 6.34. The molecule has 1 saturated heterocycles. The number of hydrazine groups is 1. The molecule has 0 amide bonds. The van der Waals surface area contributed by atoms with Crippen LogP contribution < -0.4 is 11.3 Å². The molecule has 1 heterocycles. The molecule has 0 spiro atoms. The van der Waals surface area contributed by atoms with Crippen LogP contribution in [0, 0.1) is 11.3 Å². The lowest BCUT2D eigenvalue weighted by Gasteiger charge is -2.26. The highest BCUT2D eigenvalue weighted by Crippen LogP contribution is 2.28. The standard InChI is InChI=1S/C11H24N2O2S/c1-11(2,3)6-4-10(13-12)9-5-7-16(14,15)8-9/h9-10,13H,4-8,12H2,1-3H3. The van der Waals surface area contributed by atoms with Gasteiger partial charge < -0.3 is 0 Å². The highest BCUT2D eigenvalue weighted by Gasteiger charge is 2.33. The minimum Gasteiger partial charge on any atom is -0.271 e. The van der Waals surface area contributed by atoms with Crippen molar-refractivity contribution in [2.45, 2.75) is 46.1 Å². The number of rotatable bonds is 4. The van der Waals surface area contributed by atoms with Gasteiger partial charge in [0.2, 0.25) is 0 Å². The third-order valence-electron chi connectivity index (χ3n) is 3.26. The van der Waals surface area contributed by atoms with Crippen molar-refractivity contribution in [3.63, 3.8) is 0 Å². The van der Waals surface area contributed by atoms with Crippen molar-refractivity contribution in [3.05, 3.63) is 0 Å². The van der Waals surface area contributed by atoms with Gasteiger partial charge in [-0.15, -0.1) is 0 Å². The maximum atomic E-state index is 11.4. The van der Waals surface area contributed by atoms with Gasteiger partial charge in [-0.25, -0.2) is 8.42 Å². The molecule has 5 heteroatoms. The third kappa shape index (κ3) is 4.39. The van der Waals surface area contributed by atoms with Gasteiger partial charge in [-0.2, -0.15) is 0 Å². The Morgan fingerprint density at radius 1 is 1.44 bits per heavy atom. The molecule has 1 fully saturated rings. The van der Waals surface area contributed by atoms with Gasteiger partial charge in [-0.3, -0.25) is 11.3 Å². The molecule has 1 aliphatic heterocycles. The summed E-state index contributed by atoms with van der Waals surface area (Å²) in [5, 5.41) is 0. The van der Waals surface area contributed by atoms with E-state index in [0.717, 1.165) is 19.3 Å². The minimum absolute atomic E-state index is 0.136. The first-order valence-electron chi connectivity index (χ1n) is 5.90. The van der Waals surface area contributed by atoms with Crippen LogP contribution in [0.25, 0.3) is 0 Å². The molecule has 0 aromatic heterocycles. The number of sulfone groups is 1. The topological polar surface area (TPSA) is 72.2 Å². The molecule has 1 rings (SSSR count). The monoisotopic (exact) mass is 248 g/mol. The van der Waals surface area contributed by atoms with E-state index in [1.54, 1.807) is 0 Å². The summed E-state index contributed by atoms with van der Waals surface area (Å²) in [4.78, 5) is 0. The van der Waals surface area contributed by atoms with Crippen LogP contribution in [0.3, 0.4) is 0 Å². The summed E-state index contributed by atoms with van der Waals surface area (Å²) in [6.45, 7) is 6.56. The summed E-state index contributed by atoms with van der Waals surface area (Å²) in [7, 11) is -2.80. The van der Waals surface area contributed by atoms with E-state index < -0.39 is 9.84 Å². The van der Waals surface area contributed by atoms with Crippen molar-refractivity contribution in [2.75, 3.05) is 11.5 Å². The van der Waals surface area contributed by atoms with Crippen molar-refractivity contribution in [1.82, 2.24) is 5.43 Å². The Morgan fingerprint density at radius 2 is 2.06 bits per heavy atom. The predicted molar refractivity (Wildman–Crippen MR) is 66.6 cm³/mol. The minimum atomic E-state index is -2.80. The van der Waals surface area contributed by atoms with Gasteiger partial charge in [0.25, 0.3) is 0 Å². The molecule has 0 radical (unpaired) electrons. The number of hydrogen-bond donors (Lipinski definition) is 2. The second-order valence-corrected chi connectivity index (χ2v) is 8.26. The summed E-state index contributed by atoms with van der Waals surface area (Å²) in [5.41, 5.74) is 3.06. The van der Waals surface area contributed by atoms with Crippen LogP contribution >= 0.6 is 0 Å². The van der Waals surface area contributed by atoms with Crippen LogP contribution in [-0.2, 0) is 9.84 Å². The number of hydrogen-bond acceptors (Lipinski definition) is 4. The van der Waals surface area contributed by atoms with E-state index in [4.69, 9.17) is 5.84 Å². The molecule has 1 aliphatic rings. The summed E-state index contributed by atoms with van der Waals surface area (Å²) in [6.07, 6.45) is 2.75. The molecule has 2 unspecified atom stereocenters. The van der Waals surface area contributed by atoms with E-state index in [9.17, 15) is 8.42 Å². The fourth-order valence-corrected chi connectivity index (χ4v) is 4.06. The van der Waals surface area contributed by atoms with E-state index in [1.165, 1.54) is 0 Å². The molecular weight excluding hydrogens is 224 g/mol. The molecule has 4 nitrogen and oxygen atoms in total. The van der Waals surface area contributed by atoms with Crippen LogP contribution in [0.1, 0.15) is 40.0 Å². The molecule has 0 aromatic carbocycles. The number of nitrogens with one attached hydrogen (secondary N) is 1. The van der Waals surface area contributed by atoms with E-state index >= 15 is 0 Å². The largest absolute Gasteiger partial charge is 0.271 e. The first-order valence-corrected chi connectivity index (χ1v) is 7.72. The van der Waals surface area contributed by atoms with Crippen molar-refractivity contribution in [1.29, 1.82) is 0 Å². The Labute approximate surface area is 98.9 Å². The van der Waals surface area contributed by atoms with Crippen molar-refractivity contribution in [2.24, 2.45) is 17.2 Å². The Morgan fingerprint density at radius 3 is 2.44 bits per heavy atom. The van der Waals surface area contributed by atoms with E-state index in [2.05, 4.69) is 26.2 Å². The molecule has 96 valence electrons. The first-order chi connectivity index (χ1) is 7.23. The lowest BCUT2D eigenvalue weighted by atomic mass is 9.85. The maximum absolute atomic E-state index is 11.4. The van der Waals surface area contributed by atoms with Gasteiger partial charge in [-0.1, -0.05) is 20.8 Å². The van der Waals surface area contributed by atoms with E-state index in [-0.39, 0.29) is 17.4 Å². The Kier molecular flexibility index (Phi) is 4.37. The van der Waals surface area contributed by atoms with Crippen LogP contribution in [0.2, 0.25) is 0 Å². The molecule has 16 heavy (non-hydrogen) atoms. The zero-order valence-electron chi connectivity index (χ0n) is 10.5. The molecule has 0 aromatic rings. The average molecular weight is 248 g/mol. The van der Waals surface area contributed by atoms with Crippen molar-refractivity contribution >= 4 is 9.84 Å². The average Bonchev–Trinajstić information content (AvgIpc) is 2.45. The van der Waals surface area contributed by atoms with Crippen molar-refractivity contribution in [3.8, 4) is 0 Å². The van der Waals surface area contributed by atoms with Gasteiger partial charge in [0.15, 0.2) is 9.84 Å². The normalized spacial score (nSPS) is 26.9. The van der Waals surface area contributed by atoms with Gasteiger partial charge in [-0.05, 0) is 30.6 Å². The zero-order valence-corrected chi connectivity index (χ0v) is 11.3. The smallest absolute Gasteiger partial charge is 0.150 e. The van der Waals surface area contributed by atoms with Crippen LogP contribution in [-0.4, -0.2) is 26.0 Å². The van der Waals surface area contributed by atoms with Crippen molar-refractivity contribution < 1.29 is 8.42 Å². The highest BCUT2D eigenvalue weighted by atomic mass is 32.2. The fraction of sp³-hybridized carbons (Fsp3) is 1.00. The number of nitrogens with two attached hydrogens (primary N) is 1. The second kappa shape index (κ2) is 5.02. The molecule has 0 bridgehead atoms. The summed E-state index contributed by atoms with van der Waals surface area (Å²) < 4.78 is 22.8. The first kappa shape index (κ1) is 13.9. The molecular formula is C11H24N2O2S. The Hall–Kier alpha value is -0.130. The van der Waals surface area contributed by atoms with Crippen LogP contribution in [0.4, 0.5) is 0 Å². The molecule has 3 N–H and O–H groups in total. The summed E-state index contributed by atoms with van der Waals surface area (Å²) >= 11 is 0. The molecule has 0 aliphatic carbocycles. The lowest BCUT2D eigenvalue weighted by Crippen LogP contribution is -2.42. The van der Waals surface area contributed by atoms with E-state index in [1.807, 2.05) is 0 Å². The highest BCUT2D eigenvalue weighted by molar-refractivity contribution is 7.91. The SMILES string of the molecule is CC(C)(C)CCC(NN)C1CCS(=O)(=O)C1. The van der Waals surface area contributed by atoms with Gasteiger partial charge in [0.05, 0.1) is 11.5 Å². The predicted octanol–water partition coefficient (Wildman–Crippen LogP) is 1.08. The third-order valence-corrected chi connectivity index (χ3v) is 5.05. The Bertz CT molecular complexity index is 319. The Balaban J connectivity index is 2.50. The lowest BCUT2D eigenvalue weighted by molar-refractivity contribution is 0.291. The molecule has 0 saturated carbocycles. The van der Waals surface area contributed by atoms with Crippen LogP contribution in [0.15, 0.2) is 0 Å². The quantitative estimate of drug-likeness (QED) is 0.577. The van der Waals surface area contributed by atoms with E-state index in [0.29, 0.717) is 11.5 Å². The van der Waals surface area contributed by atoms with Gasteiger partial charge >= 0.3 is 0 Å². The fourth-order valence-electron chi connectivity index (χ4n) is 2.18. The zero-order chi connectivity index (χ0) is 12.4. The van der Waals surface area contributed by atoms with Crippen LogP contribution in [0.5, 0.6) is 0 Å². The summed E-state index contributed by atoms with van der Waals surface area (Å²) in [6, 6.07) is 0.136. The molecule has 2 atom stereocenters. The maximum Gasteiger partial charge on any atom is 0.150 e. The van der Waals surface area contributed by atoms with Gasteiger partial charge in [0.1, 0.15) is 0 Å². The van der Waals surface area contributed by atoms with Gasteiger partial charge in [0, 0.05) is 6.04 Å².